The summed E-state index contributed by atoms with van der Waals surface area (Å²) in [5, 5.41) is 0.928. The molecule has 0 saturated carbocycles. The third-order valence-corrected chi connectivity index (χ3v) is 3.36. The van der Waals surface area contributed by atoms with Gasteiger partial charge in [0.05, 0.1) is 25.3 Å². The number of nitrogens with zero attached hydrogens (tertiary/aromatic N) is 1. The predicted octanol–water partition coefficient (Wildman–Crippen LogP) is 3.44. The van der Waals surface area contributed by atoms with E-state index in [4.69, 9.17) is 14.2 Å². The number of benzene rings is 1. The third kappa shape index (κ3) is 1.97. The van der Waals surface area contributed by atoms with Crippen molar-refractivity contribution in [2.45, 2.75) is 19.4 Å². The Bertz CT molecular complexity index is 704. The summed E-state index contributed by atoms with van der Waals surface area (Å²) in [6, 6.07) is 5.73. The van der Waals surface area contributed by atoms with Crippen LogP contribution in [-0.4, -0.2) is 24.8 Å². The highest BCUT2D eigenvalue weighted by Crippen LogP contribution is 2.41. The Morgan fingerprint density at radius 1 is 1.15 bits per heavy atom. The quantitative estimate of drug-likeness (QED) is 0.839. The lowest BCUT2D eigenvalue weighted by molar-refractivity contribution is 0.160. The van der Waals surface area contributed by atoms with Crippen molar-refractivity contribution in [2.75, 3.05) is 14.2 Å². The van der Waals surface area contributed by atoms with E-state index in [-0.39, 0.29) is 5.60 Å². The highest BCUT2D eigenvalue weighted by atomic mass is 16.5. The van der Waals surface area contributed by atoms with Crippen LogP contribution in [0, 0.1) is 0 Å². The molecule has 0 N–H and O–H groups in total. The maximum atomic E-state index is 6.11. The first kappa shape index (κ1) is 12.8. The van der Waals surface area contributed by atoms with Crippen molar-refractivity contribution < 1.29 is 14.2 Å². The Morgan fingerprint density at radius 3 is 2.65 bits per heavy atom. The molecule has 0 atom stereocenters. The monoisotopic (exact) mass is 271 g/mol. The first-order chi connectivity index (χ1) is 9.54. The van der Waals surface area contributed by atoms with E-state index in [0.717, 1.165) is 28.0 Å². The average molecular weight is 271 g/mol. The molecule has 0 saturated heterocycles. The summed E-state index contributed by atoms with van der Waals surface area (Å²) < 4.78 is 16.8. The molecule has 2 aromatic rings. The Hall–Kier alpha value is -2.23. The lowest BCUT2D eigenvalue weighted by atomic mass is 10.0. The van der Waals surface area contributed by atoms with Gasteiger partial charge in [0.1, 0.15) is 17.1 Å². The number of pyridine rings is 1. The second-order valence-electron chi connectivity index (χ2n) is 5.29. The lowest BCUT2D eigenvalue weighted by Crippen LogP contribution is -2.27. The van der Waals surface area contributed by atoms with Crippen LogP contribution in [0.15, 0.2) is 24.3 Å². The van der Waals surface area contributed by atoms with E-state index in [1.165, 1.54) is 0 Å². The van der Waals surface area contributed by atoms with Gasteiger partial charge in [-0.05, 0) is 44.2 Å². The summed E-state index contributed by atoms with van der Waals surface area (Å²) in [5.74, 6) is 2.14. The Kier molecular flexibility index (Phi) is 2.82. The van der Waals surface area contributed by atoms with Gasteiger partial charge in [-0.2, -0.15) is 0 Å². The van der Waals surface area contributed by atoms with E-state index in [9.17, 15) is 0 Å². The molecule has 0 fully saturated rings. The molecule has 0 amide bonds. The molecule has 2 heterocycles. The summed E-state index contributed by atoms with van der Waals surface area (Å²) in [6.07, 6.45) is 4.01. The van der Waals surface area contributed by atoms with Gasteiger partial charge >= 0.3 is 0 Å². The SMILES string of the molecule is COc1ccc2nc(OC)c3c(c2c1)OC(C)(C)C=C3. The van der Waals surface area contributed by atoms with Crippen molar-refractivity contribution in [3.8, 4) is 17.4 Å². The van der Waals surface area contributed by atoms with Crippen LogP contribution in [0.1, 0.15) is 19.4 Å². The molecule has 1 aromatic carbocycles. The van der Waals surface area contributed by atoms with Crippen LogP contribution in [0.2, 0.25) is 0 Å². The maximum absolute atomic E-state index is 6.11. The smallest absolute Gasteiger partial charge is 0.224 e. The number of rotatable bonds is 2. The first-order valence-corrected chi connectivity index (χ1v) is 6.48. The molecule has 20 heavy (non-hydrogen) atoms. The minimum absolute atomic E-state index is 0.352. The standard InChI is InChI=1S/C16H17NO3/c1-16(2)8-7-11-14(20-16)12-9-10(18-3)5-6-13(12)17-15(11)19-4/h5-9H,1-4H3. The van der Waals surface area contributed by atoms with Gasteiger partial charge in [0.15, 0.2) is 0 Å². The number of hydrogen-bond acceptors (Lipinski definition) is 4. The highest BCUT2D eigenvalue weighted by Gasteiger charge is 2.26. The number of ether oxygens (including phenoxy) is 3. The Balaban J connectivity index is 2.33. The molecular weight excluding hydrogens is 254 g/mol. The molecule has 0 radical (unpaired) electrons. The molecule has 0 spiro atoms. The maximum Gasteiger partial charge on any atom is 0.224 e. The van der Waals surface area contributed by atoms with E-state index in [0.29, 0.717) is 5.88 Å². The van der Waals surface area contributed by atoms with Gasteiger partial charge in [0.25, 0.3) is 0 Å². The fourth-order valence-corrected chi connectivity index (χ4v) is 2.33. The molecule has 1 aliphatic heterocycles. The van der Waals surface area contributed by atoms with Crippen LogP contribution in [0.3, 0.4) is 0 Å². The topological polar surface area (TPSA) is 40.6 Å². The lowest BCUT2D eigenvalue weighted by Gasteiger charge is -2.29. The van der Waals surface area contributed by atoms with Crippen molar-refractivity contribution in [3.05, 3.63) is 29.8 Å². The van der Waals surface area contributed by atoms with Crippen molar-refractivity contribution in [3.63, 3.8) is 0 Å². The summed E-state index contributed by atoms with van der Waals surface area (Å²) in [6.45, 7) is 4.04. The third-order valence-electron chi connectivity index (χ3n) is 3.36. The van der Waals surface area contributed by atoms with Crippen molar-refractivity contribution in [1.82, 2.24) is 4.98 Å². The summed E-state index contributed by atoms with van der Waals surface area (Å²) in [4.78, 5) is 4.52. The summed E-state index contributed by atoms with van der Waals surface area (Å²) >= 11 is 0. The van der Waals surface area contributed by atoms with E-state index >= 15 is 0 Å². The van der Waals surface area contributed by atoms with Gasteiger partial charge in [-0.25, -0.2) is 4.98 Å². The minimum atomic E-state index is -0.352. The average Bonchev–Trinajstić information content (AvgIpc) is 2.44. The summed E-state index contributed by atoms with van der Waals surface area (Å²) in [5.41, 5.74) is 1.34. The zero-order valence-corrected chi connectivity index (χ0v) is 12.1. The number of aromatic nitrogens is 1. The fourth-order valence-electron chi connectivity index (χ4n) is 2.33. The van der Waals surface area contributed by atoms with E-state index < -0.39 is 0 Å². The van der Waals surface area contributed by atoms with Gasteiger partial charge in [-0.1, -0.05) is 0 Å². The number of methoxy groups -OCH3 is 2. The van der Waals surface area contributed by atoms with Crippen molar-refractivity contribution >= 4 is 17.0 Å². The van der Waals surface area contributed by atoms with E-state index in [2.05, 4.69) is 4.98 Å². The van der Waals surface area contributed by atoms with Crippen LogP contribution in [0.4, 0.5) is 0 Å². The summed E-state index contributed by atoms with van der Waals surface area (Å²) in [7, 11) is 3.26. The van der Waals surface area contributed by atoms with Crippen molar-refractivity contribution in [1.29, 1.82) is 0 Å². The molecule has 4 nitrogen and oxygen atoms in total. The van der Waals surface area contributed by atoms with Crippen LogP contribution < -0.4 is 14.2 Å². The molecule has 4 heteroatoms. The zero-order chi connectivity index (χ0) is 14.3. The molecule has 104 valence electrons. The second kappa shape index (κ2) is 4.40. The first-order valence-electron chi connectivity index (χ1n) is 6.48. The van der Waals surface area contributed by atoms with Gasteiger partial charge in [-0.15, -0.1) is 0 Å². The molecule has 0 unspecified atom stereocenters. The predicted molar refractivity (Wildman–Crippen MR) is 78.6 cm³/mol. The molecule has 1 aliphatic rings. The largest absolute Gasteiger partial charge is 0.497 e. The fraction of sp³-hybridized carbons (Fsp3) is 0.312. The molecule has 3 rings (SSSR count). The van der Waals surface area contributed by atoms with Gasteiger partial charge < -0.3 is 14.2 Å². The second-order valence-corrected chi connectivity index (χ2v) is 5.29. The minimum Gasteiger partial charge on any atom is -0.497 e. The molecule has 0 aliphatic carbocycles. The Morgan fingerprint density at radius 2 is 1.95 bits per heavy atom. The highest BCUT2D eigenvalue weighted by molar-refractivity contribution is 5.92. The van der Waals surface area contributed by atoms with Gasteiger partial charge in [-0.3, -0.25) is 0 Å². The van der Waals surface area contributed by atoms with Gasteiger partial charge in [0.2, 0.25) is 5.88 Å². The number of fused-ring (bicyclic) bond motifs is 3. The molecule has 0 bridgehead atoms. The van der Waals surface area contributed by atoms with Crippen LogP contribution in [-0.2, 0) is 0 Å². The van der Waals surface area contributed by atoms with E-state index in [1.54, 1.807) is 14.2 Å². The Labute approximate surface area is 118 Å². The normalized spacial score (nSPS) is 15.6. The van der Waals surface area contributed by atoms with Gasteiger partial charge in [0, 0.05) is 5.39 Å². The van der Waals surface area contributed by atoms with Crippen LogP contribution >= 0.6 is 0 Å². The van der Waals surface area contributed by atoms with E-state index in [1.807, 2.05) is 44.2 Å². The van der Waals surface area contributed by atoms with Crippen LogP contribution in [0.25, 0.3) is 17.0 Å². The zero-order valence-electron chi connectivity index (χ0n) is 12.1. The van der Waals surface area contributed by atoms with Crippen LogP contribution in [0.5, 0.6) is 17.4 Å². The number of hydrogen-bond donors (Lipinski definition) is 0. The molecule has 1 aromatic heterocycles. The molecular formula is C16H17NO3. The van der Waals surface area contributed by atoms with Crippen molar-refractivity contribution in [2.24, 2.45) is 0 Å².